The monoisotopic (exact) mass is 308 g/mol. The van der Waals surface area contributed by atoms with Crippen molar-refractivity contribution in [3.05, 3.63) is 5.28 Å². The third-order valence-electron chi connectivity index (χ3n) is 1.98. The molecule has 0 bridgehead atoms. The normalized spacial score (nSPS) is 12.3. The molecule has 0 atom stereocenters. The Morgan fingerprint density at radius 3 is 2.32 bits per heavy atom. The fraction of sp³-hybridized carbons (Fsp3) is 0.667. The fourth-order valence-electron chi connectivity index (χ4n) is 1.38. The van der Waals surface area contributed by atoms with Crippen molar-refractivity contribution < 1.29 is 8.42 Å². The lowest BCUT2D eigenvalue weighted by Gasteiger charge is -2.25. The zero-order chi connectivity index (χ0) is 14.7. The molecule has 0 aromatic carbocycles. The van der Waals surface area contributed by atoms with E-state index in [1.165, 1.54) is 0 Å². The van der Waals surface area contributed by atoms with E-state index in [1.807, 2.05) is 0 Å². The predicted octanol–water partition coefficient (Wildman–Crippen LogP) is 0.306. The third-order valence-corrected chi connectivity index (χ3v) is 3.07. The Balaban J connectivity index is 2.73. The summed E-state index contributed by atoms with van der Waals surface area (Å²) < 4.78 is 24.9. The Hall–Kier alpha value is -1.19. The van der Waals surface area contributed by atoms with Gasteiger partial charge in [-0.15, -0.1) is 0 Å². The minimum atomic E-state index is -3.29. The van der Waals surface area contributed by atoms with Crippen LogP contribution in [0.1, 0.15) is 13.8 Å². The topological polar surface area (TPSA) is 109 Å². The Bertz CT molecular complexity index is 548. The maximum atomic E-state index is 11.2. The van der Waals surface area contributed by atoms with Crippen molar-refractivity contribution in [2.45, 2.75) is 19.4 Å². The fourth-order valence-corrected chi connectivity index (χ4v) is 2.61. The van der Waals surface area contributed by atoms with Crippen LogP contribution in [0.5, 0.6) is 0 Å². The van der Waals surface area contributed by atoms with Gasteiger partial charge in [0.1, 0.15) is 0 Å². The van der Waals surface area contributed by atoms with Gasteiger partial charge in [0.2, 0.25) is 27.2 Å². The molecule has 0 amide bonds. The van der Waals surface area contributed by atoms with Crippen LogP contribution in [0, 0.1) is 0 Å². The van der Waals surface area contributed by atoms with E-state index >= 15 is 0 Å². The van der Waals surface area contributed by atoms with Gasteiger partial charge in [0, 0.05) is 19.1 Å². The largest absolute Gasteiger partial charge is 0.357 e. The van der Waals surface area contributed by atoms with Gasteiger partial charge in [-0.25, -0.2) is 13.1 Å². The van der Waals surface area contributed by atoms with Gasteiger partial charge in [0.25, 0.3) is 0 Å². The van der Waals surface area contributed by atoms with Crippen LogP contribution in [0.3, 0.4) is 0 Å². The van der Waals surface area contributed by atoms with Crippen LogP contribution in [0.2, 0.25) is 5.28 Å². The molecule has 0 spiro atoms. The zero-order valence-electron chi connectivity index (χ0n) is 11.2. The van der Waals surface area contributed by atoms with Gasteiger partial charge < -0.3 is 10.6 Å². The molecule has 0 radical (unpaired) electrons. The van der Waals surface area contributed by atoms with Gasteiger partial charge >= 0.3 is 0 Å². The van der Waals surface area contributed by atoms with Crippen LogP contribution >= 0.6 is 11.6 Å². The van der Waals surface area contributed by atoms with Gasteiger partial charge in [0.05, 0.1) is 6.26 Å². The van der Waals surface area contributed by atoms with Gasteiger partial charge in [0.15, 0.2) is 0 Å². The first-order chi connectivity index (χ1) is 8.61. The summed E-state index contributed by atoms with van der Waals surface area (Å²) in [4.78, 5) is 11.8. The lowest BCUT2D eigenvalue weighted by Crippen LogP contribution is -2.48. The molecule has 0 saturated heterocycles. The van der Waals surface area contributed by atoms with Crippen molar-refractivity contribution >= 4 is 33.5 Å². The number of anilines is 2. The first kappa shape index (κ1) is 15.9. The van der Waals surface area contributed by atoms with Crippen molar-refractivity contribution in [2.75, 3.05) is 30.5 Å². The molecule has 0 fully saturated rings. The van der Waals surface area contributed by atoms with Gasteiger partial charge in [-0.05, 0) is 25.4 Å². The summed E-state index contributed by atoms with van der Waals surface area (Å²) in [5.41, 5.74) is -0.688. The molecule has 0 aliphatic heterocycles. The maximum absolute atomic E-state index is 11.2. The Morgan fingerprint density at radius 2 is 1.79 bits per heavy atom. The number of sulfonamides is 1. The van der Waals surface area contributed by atoms with E-state index in [-0.39, 0.29) is 11.2 Å². The highest BCUT2D eigenvalue weighted by Crippen LogP contribution is 2.11. The SMILES string of the molecule is CNc1nc(Cl)nc(NCC(C)(C)NS(C)(=O)=O)n1. The molecule has 19 heavy (non-hydrogen) atoms. The second-order valence-electron chi connectivity index (χ2n) is 4.61. The van der Waals surface area contributed by atoms with Gasteiger partial charge in [-0.3, -0.25) is 0 Å². The molecule has 1 heterocycles. The lowest BCUT2D eigenvalue weighted by molar-refractivity contribution is 0.475. The number of nitrogens with zero attached hydrogens (tertiary/aromatic N) is 3. The molecule has 108 valence electrons. The van der Waals surface area contributed by atoms with E-state index in [1.54, 1.807) is 20.9 Å². The van der Waals surface area contributed by atoms with Crippen LogP contribution in [-0.4, -0.2) is 48.8 Å². The summed E-state index contributed by atoms with van der Waals surface area (Å²) in [6.07, 6.45) is 1.10. The maximum Gasteiger partial charge on any atom is 0.228 e. The average molecular weight is 309 g/mol. The van der Waals surface area contributed by atoms with Crippen LogP contribution < -0.4 is 15.4 Å². The summed E-state index contributed by atoms with van der Waals surface area (Å²) in [6, 6.07) is 0. The van der Waals surface area contributed by atoms with E-state index in [4.69, 9.17) is 11.6 Å². The first-order valence-corrected chi connectivity index (χ1v) is 7.70. The number of hydrogen-bond donors (Lipinski definition) is 3. The number of aromatic nitrogens is 3. The molecule has 0 aliphatic carbocycles. The molecule has 10 heteroatoms. The number of rotatable bonds is 6. The molecular formula is C9H17ClN6O2S. The Morgan fingerprint density at radius 1 is 1.21 bits per heavy atom. The summed E-state index contributed by atoms with van der Waals surface area (Å²) in [6.45, 7) is 3.77. The van der Waals surface area contributed by atoms with Gasteiger partial charge in [-0.1, -0.05) is 0 Å². The van der Waals surface area contributed by atoms with Crippen LogP contribution in [0.25, 0.3) is 0 Å². The molecule has 8 nitrogen and oxygen atoms in total. The van der Waals surface area contributed by atoms with Crippen molar-refractivity contribution in [2.24, 2.45) is 0 Å². The van der Waals surface area contributed by atoms with Crippen LogP contribution in [0.4, 0.5) is 11.9 Å². The smallest absolute Gasteiger partial charge is 0.228 e. The number of halogens is 1. The van der Waals surface area contributed by atoms with Crippen molar-refractivity contribution in [3.63, 3.8) is 0 Å². The molecule has 0 saturated carbocycles. The van der Waals surface area contributed by atoms with E-state index in [0.29, 0.717) is 12.5 Å². The van der Waals surface area contributed by atoms with Crippen molar-refractivity contribution in [1.82, 2.24) is 19.7 Å². The molecular weight excluding hydrogens is 292 g/mol. The lowest BCUT2D eigenvalue weighted by atomic mass is 10.1. The third kappa shape index (κ3) is 5.99. The molecule has 0 unspecified atom stereocenters. The van der Waals surface area contributed by atoms with Crippen molar-refractivity contribution in [1.29, 1.82) is 0 Å². The average Bonchev–Trinajstić information content (AvgIpc) is 2.22. The second kappa shape index (κ2) is 5.85. The summed E-state index contributed by atoms with van der Waals surface area (Å²) in [5, 5.41) is 5.71. The van der Waals surface area contributed by atoms with Gasteiger partial charge in [-0.2, -0.15) is 15.0 Å². The number of hydrogen-bond acceptors (Lipinski definition) is 7. The second-order valence-corrected chi connectivity index (χ2v) is 6.70. The quantitative estimate of drug-likeness (QED) is 0.693. The van der Waals surface area contributed by atoms with E-state index in [0.717, 1.165) is 6.26 Å². The molecule has 1 rings (SSSR count). The summed E-state index contributed by atoms with van der Waals surface area (Å²) in [7, 11) is -1.63. The first-order valence-electron chi connectivity index (χ1n) is 5.43. The highest BCUT2D eigenvalue weighted by atomic mass is 35.5. The summed E-state index contributed by atoms with van der Waals surface area (Å²) >= 11 is 5.73. The summed E-state index contributed by atoms with van der Waals surface area (Å²) in [5.74, 6) is 0.601. The molecule has 1 aromatic rings. The highest BCUT2D eigenvalue weighted by Gasteiger charge is 2.22. The number of nitrogens with one attached hydrogen (secondary N) is 3. The highest BCUT2D eigenvalue weighted by molar-refractivity contribution is 7.88. The Labute approximate surface area is 117 Å². The van der Waals surface area contributed by atoms with E-state index < -0.39 is 15.6 Å². The van der Waals surface area contributed by atoms with E-state index in [9.17, 15) is 8.42 Å². The minimum absolute atomic E-state index is 0.0516. The molecule has 3 N–H and O–H groups in total. The van der Waals surface area contributed by atoms with Crippen LogP contribution in [0.15, 0.2) is 0 Å². The van der Waals surface area contributed by atoms with E-state index in [2.05, 4.69) is 30.3 Å². The molecule has 1 aromatic heterocycles. The standard InChI is InChI=1S/C9H17ClN6O2S/c1-9(2,16-19(4,17)18)5-12-8-14-6(10)13-7(11-3)15-8/h16H,5H2,1-4H3,(H2,11,12,13,14,15). The Kier molecular flexibility index (Phi) is 4.88. The predicted molar refractivity (Wildman–Crippen MR) is 74.9 cm³/mol. The van der Waals surface area contributed by atoms with Crippen molar-refractivity contribution in [3.8, 4) is 0 Å². The van der Waals surface area contributed by atoms with Crippen LogP contribution in [-0.2, 0) is 10.0 Å². The molecule has 0 aliphatic rings. The minimum Gasteiger partial charge on any atom is -0.357 e. The zero-order valence-corrected chi connectivity index (χ0v) is 12.7.